The summed E-state index contributed by atoms with van der Waals surface area (Å²) < 4.78 is 11.2. The van der Waals surface area contributed by atoms with Crippen molar-refractivity contribution in [1.29, 1.82) is 0 Å². The van der Waals surface area contributed by atoms with Crippen LogP contribution >= 0.6 is 0 Å². The van der Waals surface area contributed by atoms with Crippen LogP contribution in [0.15, 0.2) is 0 Å². The molecule has 0 aromatic rings. The Morgan fingerprint density at radius 2 is 1.75 bits per heavy atom. The van der Waals surface area contributed by atoms with Crippen molar-refractivity contribution in [2.75, 3.05) is 26.4 Å². The largest absolute Gasteiger partial charge is 0.396 e. The van der Waals surface area contributed by atoms with Gasteiger partial charge in [-0.2, -0.15) is 0 Å². The molecule has 2 N–H and O–H groups in total. The molecule has 122 valence electrons. The predicted molar refractivity (Wildman–Crippen MR) is 86.2 cm³/mol. The minimum atomic E-state index is -0.520. The summed E-state index contributed by atoms with van der Waals surface area (Å²) in [5, 5.41) is 18.8. The summed E-state index contributed by atoms with van der Waals surface area (Å²) in [4.78, 5) is 0. The van der Waals surface area contributed by atoms with Crippen LogP contribution in [-0.4, -0.2) is 58.4 Å². The maximum Gasteiger partial charge on any atom is 0.0831 e. The highest BCUT2D eigenvalue weighted by atomic mass is 28.2. The molecule has 0 saturated carbocycles. The number of hydrogen-bond acceptors (Lipinski definition) is 4. The van der Waals surface area contributed by atoms with Gasteiger partial charge >= 0.3 is 0 Å². The van der Waals surface area contributed by atoms with Gasteiger partial charge in [-0.25, -0.2) is 0 Å². The Morgan fingerprint density at radius 3 is 2.40 bits per heavy atom. The van der Waals surface area contributed by atoms with Crippen LogP contribution in [0.4, 0.5) is 0 Å². The third-order valence-corrected chi connectivity index (χ3v) is 5.17. The first-order chi connectivity index (χ1) is 9.76. The van der Waals surface area contributed by atoms with Gasteiger partial charge in [-0.15, -0.1) is 0 Å². The van der Waals surface area contributed by atoms with Crippen LogP contribution in [0.5, 0.6) is 0 Å². The van der Waals surface area contributed by atoms with Crippen molar-refractivity contribution in [1.82, 2.24) is 0 Å². The van der Waals surface area contributed by atoms with E-state index in [1.165, 1.54) is 18.5 Å². The molecule has 4 nitrogen and oxygen atoms in total. The van der Waals surface area contributed by atoms with Crippen molar-refractivity contribution >= 4 is 9.52 Å². The van der Waals surface area contributed by atoms with Crippen LogP contribution in [0.3, 0.4) is 0 Å². The Labute approximate surface area is 126 Å². The summed E-state index contributed by atoms with van der Waals surface area (Å²) in [5.74, 6) is 0. The lowest BCUT2D eigenvalue weighted by Crippen LogP contribution is -2.30. The standard InChI is InChI=1S/C15H34O4Si/c1-3-9-18-11-5-12-20-13-7-15(19-10-4-2)14(17)6-8-16/h14-17H,3-13,20H2,1-2H3. The topological polar surface area (TPSA) is 58.9 Å². The minimum absolute atomic E-state index is 0.0271. The maximum atomic E-state index is 9.95. The quantitative estimate of drug-likeness (QED) is 0.357. The second-order valence-corrected chi connectivity index (χ2v) is 7.43. The zero-order chi connectivity index (χ0) is 15.1. The molecule has 0 aliphatic heterocycles. The van der Waals surface area contributed by atoms with Gasteiger partial charge in [-0.1, -0.05) is 25.9 Å². The molecular weight excluding hydrogens is 272 g/mol. The van der Waals surface area contributed by atoms with Gasteiger partial charge in [-0.3, -0.25) is 0 Å². The van der Waals surface area contributed by atoms with E-state index in [4.69, 9.17) is 14.6 Å². The molecule has 0 saturated heterocycles. The Kier molecular flexibility index (Phi) is 15.5. The van der Waals surface area contributed by atoms with E-state index in [-0.39, 0.29) is 22.2 Å². The fraction of sp³-hybridized carbons (Fsp3) is 1.00. The molecule has 0 rings (SSSR count). The van der Waals surface area contributed by atoms with E-state index in [0.29, 0.717) is 13.0 Å². The highest BCUT2D eigenvalue weighted by Gasteiger charge is 2.18. The molecule has 0 aromatic carbocycles. The number of ether oxygens (including phenoxy) is 2. The predicted octanol–water partition coefficient (Wildman–Crippen LogP) is 1.74. The highest BCUT2D eigenvalue weighted by Crippen LogP contribution is 2.12. The second-order valence-electron chi connectivity index (χ2n) is 5.30. The zero-order valence-corrected chi connectivity index (χ0v) is 14.8. The summed E-state index contributed by atoms with van der Waals surface area (Å²) in [6.07, 6.45) is 3.97. The molecule has 0 heterocycles. The molecule has 0 spiro atoms. The lowest BCUT2D eigenvalue weighted by atomic mass is 10.1. The fourth-order valence-corrected chi connectivity index (χ4v) is 3.73. The van der Waals surface area contributed by atoms with Crippen molar-refractivity contribution in [3.8, 4) is 0 Å². The van der Waals surface area contributed by atoms with Crippen LogP contribution < -0.4 is 0 Å². The third kappa shape index (κ3) is 11.8. The van der Waals surface area contributed by atoms with Gasteiger partial charge in [0.25, 0.3) is 0 Å². The molecule has 2 unspecified atom stereocenters. The first kappa shape index (κ1) is 20.1. The fourth-order valence-electron chi connectivity index (χ4n) is 2.12. The molecule has 0 amide bonds. The number of hydrogen-bond donors (Lipinski definition) is 2. The Hall–Kier alpha value is 0.0569. The Balaban J connectivity index is 3.62. The molecule has 0 aliphatic rings. The Morgan fingerprint density at radius 1 is 1.00 bits per heavy atom. The second kappa shape index (κ2) is 15.4. The highest BCUT2D eigenvalue weighted by molar-refractivity contribution is 6.35. The first-order valence-electron chi connectivity index (χ1n) is 8.24. The summed E-state index contributed by atoms with van der Waals surface area (Å²) in [6, 6.07) is 2.50. The van der Waals surface area contributed by atoms with E-state index in [0.717, 1.165) is 32.5 Å². The normalized spacial score (nSPS) is 15.0. The maximum absolute atomic E-state index is 9.95. The molecule has 0 fully saturated rings. The molecule has 2 atom stereocenters. The van der Waals surface area contributed by atoms with Gasteiger partial charge in [-0.05, 0) is 32.1 Å². The monoisotopic (exact) mass is 306 g/mol. The molecule has 0 bridgehead atoms. The smallest absolute Gasteiger partial charge is 0.0831 e. The van der Waals surface area contributed by atoms with Crippen molar-refractivity contribution in [3.63, 3.8) is 0 Å². The van der Waals surface area contributed by atoms with Gasteiger partial charge in [0.2, 0.25) is 0 Å². The van der Waals surface area contributed by atoms with Crippen molar-refractivity contribution in [3.05, 3.63) is 0 Å². The number of rotatable bonds is 15. The molecule has 0 aromatic heterocycles. The van der Waals surface area contributed by atoms with Crippen molar-refractivity contribution in [2.45, 2.75) is 70.2 Å². The van der Waals surface area contributed by atoms with E-state index in [1.54, 1.807) is 0 Å². The van der Waals surface area contributed by atoms with Gasteiger partial charge in [0, 0.05) is 35.9 Å². The van der Waals surface area contributed by atoms with Crippen molar-refractivity contribution in [2.24, 2.45) is 0 Å². The molecule has 20 heavy (non-hydrogen) atoms. The van der Waals surface area contributed by atoms with E-state index >= 15 is 0 Å². The van der Waals surface area contributed by atoms with Crippen LogP contribution in [0.25, 0.3) is 0 Å². The summed E-state index contributed by atoms with van der Waals surface area (Å²) >= 11 is 0. The van der Waals surface area contributed by atoms with Gasteiger partial charge in [0.1, 0.15) is 0 Å². The van der Waals surface area contributed by atoms with Crippen LogP contribution in [0.2, 0.25) is 12.1 Å². The van der Waals surface area contributed by atoms with E-state index in [1.807, 2.05) is 0 Å². The average Bonchev–Trinajstić information content (AvgIpc) is 2.45. The molecular formula is C15H34O4Si. The van der Waals surface area contributed by atoms with E-state index in [2.05, 4.69) is 13.8 Å². The summed E-state index contributed by atoms with van der Waals surface area (Å²) in [6.45, 7) is 6.69. The van der Waals surface area contributed by atoms with Crippen LogP contribution in [0.1, 0.15) is 46.0 Å². The van der Waals surface area contributed by atoms with E-state index < -0.39 is 6.10 Å². The molecule has 0 aliphatic carbocycles. The van der Waals surface area contributed by atoms with E-state index in [9.17, 15) is 5.11 Å². The third-order valence-electron chi connectivity index (χ3n) is 3.27. The van der Waals surface area contributed by atoms with Crippen LogP contribution in [-0.2, 0) is 9.47 Å². The average molecular weight is 307 g/mol. The summed E-state index contributed by atoms with van der Waals surface area (Å²) in [5.41, 5.74) is 0. The SMILES string of the molecule is CCCOCCC[SiH2]CCC(OCCC)C(O)CCO. The Bertz CT molecular complexity index is 193. The summed E-state index contributed by atoms with van der Waals surface area (Å²) in [7, 11) is -0.0685. The van der Waals surface area contributed by atoms with Crippen LogP contribution in [0, 0.1) is 0 Å². The lowest BCUT2D eigenvalue weighted by Gasteiger charge is -2.22. The number of aliphatic hydroxyl groups is 2. The lowest BCUT2D eigenvalue weighted by molar-refractivity contribution is -0.0465. The zero-order valence-electron chi connectivity index (χ0n) is 13.4. The van der Waals surface area contributed by atoms with Gasteiger partial charge in [0.15, 0.2) is 0 Å². The molecule has 5 heteroatoms. The van der Waals surface area contributed by atoms with Crippen molar-refractivity contribution < 1.29 is 19.7 Å². The van der Waals surface area contributed by atoms with Gasteiger partial charge in [0.05, 0.1) is 12.2 Å². The minimum Gasteiger partial charge on any atom is -0.396 e. The van der Waals surface area contributed by atoms with Gasteiger partial charge < -0.3 is 19.7 Å². The number of aliphatic hydroxyl groups excluding tert-OH is 2. The first-order valence-corrected chi connectivity index (χ1v) is 10.2. The molecule has 0 radical (unpaired) electrons.